The Balaban J connectivity index is 1.16. The maximum atomic E-state index is 2.52. The van der Waals surface area contributed by atoms with Gasteiger partial charge in [0, 0.05) is 0 Å². The van der Waals surface area contributed by atoms with Crippen LogP contribution in [0.4, 0.5) is 0 Å². The summed E-state index contributed by atoms with van der Waals surface area (Å²) in [6, 6.07) is 68.9. The molecular weight excluding hydrogens is 800 g/mol. The van der Waals surface area contributed by atoms with Crippen molar-refractivity contribution in [1.82, 2.24) is 0 Å². The summed E-state index contributed by atoms with van der Waals surface area (Å²) in [6.07, 6.45) is 0. The predicted octanol–water partition coefficient (Wildman–Crippen LogP) is 16.9. The third kappa shape index (κ3) is 6.17. The van der Waals surface area contributed by atoms with Gasteiger partial charge in [0.15, 0.2) is 0 Å². The molecular formula is C60H48Se. The maximum absolute atomic E-state index is 2.52. The molecule has 0 radical (unpaired) electrons. The number of benzene rings is 10. The Morgan fingerprint density at radius 1 is 0.295 bits per heavy atom. The minimum atomic E-state index is 0.0227. The molecule has 1 heteroatoms. The average molecular weight is 848 g/mol. The Morgan fingerprint density at radius 2 is 0.705 bits per heavy atom. The Kier molecular flexibility index (Phi) is 8.77. The fourth-order valence-corrected chi connectivity index (χ4v) is 12.5. The standard InChI is InChI=1S/C60H48Se/c1-59(2,3)40-33-39(34-41(36-40)60(4,5)6)56-47-25-14-16-27-49(47)57(50-28-17-15-26-48(50)56)52-30-18-29-51-42-32-31-38(35-53(42)61-58(51)52)55-45-23-12-10-21-43(45)54(37-19-8-7-9-20-37)44-22-11-13-24-46(44)55/h7-36H,1-6H3. The molecule has 294 valence electrons. The number of hydrogen-bond donors (Lipinski definition) is 0. The van der Waals surface area contributed by atoms with E-state index in [4.69, 9.17) is 0 Å². The molecule has 0 fully saturated rings. The van der Waals surface area contributed by atoms with E-state index in [1.807, 2.05) is 0 Å². The first-order valence-electron chi connectivity index (χ1n) is 21.6. The SMILES string of the molecule is CC(C)(C)c1cc(-c2c3ccccc3c(-c3cccc4c3[se]c3cc(-c5c6ccccc6c(-c6ccccc6)c6ccccc56)ccc34)c3ccccc23)cc(C(C)(C)C)c1. The number of hydrogen-bond acceptors (Lipinski definition) is 0. The molecule has 0 bridgehead atoms. The second-order valence-corrected chi connectivity index (χ2v) is 21.1. The van der Waals surface area contributed by atoms with Gasteiger partial charge in [0.2, 0.25) is 0 Å². The van der Waals surface area contributed by atoms with E-state index in [1.54, 1.807) is 0 Å². The van der Waals surface area contributed by atoms with Gasteiger partial charge in [-0.25, -0.2) is 0 Å². The van der Waals surface area contributed by atoms with Crippen molar-refractivity contribution in [3.05, 3.63) is 193 Å². The zero-order chi connectivity index (χ0) is 41.6. The van der Waals surface area contributed by atoms with Gasteiger partial charge in [-0.15, -0.1) is 0 Å². The van der Waals surface area contributed by atoms with Crippen molar-refractivity contribution in [2.24, 2.45) is 0 Å². The van der Waals surface area contributed by atoms with Gasteiger partial charge in [0.05, 0.1) is 0 Å². The molecule has 10 aromatic carbocycles. The van der Waals surface area contributed by atoms with E-state index in [0.717, 1.165) is 0 Å². The van der Waals surface area contributed by atoms with E-state index in [-0.39, 0.29) is 25.3 Å². The predicted molar refractivity (Wildman–Crippen MR) is 268 cm³/mol. The van der Waals surface area contributed by atoms with Crippen LogP contribution in [0.1, 0.15) is 52.7 Å². The van der Waals surface area contributed by atoms with E-state index >= 15 is 0 Å². The fraction of sp³-hybridized carbons (Fsp3) is 0.133. The summed E-state index contributed by atoms with van der Waals surface area (Å²) in [7, 11) is 0. The van der Waals surface area contributed by atoms with Gasteiger partial charge >= 0.3 is 367 Å². The number of rotatable bonds is 4. The molecule has 0 saturated heterocycles. The summed E-state index contributed by atoms with van der Waals surface area (Å²) in [5.41, 5.74) is 13.3. The summed E-state index contributed by atoms with van der Waals surface area (Å²) in [4.78, 5) is 0. The van der Waals surface area contributed by atoms with Crippen molar-refractivity contribution in [3.8, 4) is 44.5 Å². The van der Waals surface area contributed by atoms with Crippen LogP contribution in [-0.4, -0.2) is 14.5 Å². The molecule has 0 aliphatic carbocycles. The van der Waals surface area contributed by atoms with E-state index in [2.05, 4.69) is 224 Å². The Hall–Kier alpha value is -6.24. The van der Waals surface area contributed by atoms with E-state index in [1.165, 1.54) is 118 Å². The van der Waals surface area contributed by atoms with Crippen molar-refractivity contribution in [2.75, 3.05) is 0 Å². The first-order chi connectivity index (χ1) is 29.5. The first kappa shape index (κ1) is 37.7. The van der Waals surface area contributed by atoms with Crippen molar-refractivity contribution >= 4 is 76.9 Å². The van der Waals surface area contributed by atoms with Crippen LogP contribution in [-0.2, 0) is 10.8 Å². The van der Waals surface area contributed by atoms with Crippen LogP contribution in [0.15, 0.2) is 182 Å². The zero-order valence-electron chi connectivity index (χ0n) is 35.7. The first-order valence-corrected chi connectivity index (χ1v) is 23.3. The summed E-state index contributed by atoms with van der Waals surface area (Å²) in [5.74, 6) is 0. The molecule has 0 aliphatic rings. The molecule has 0 N–H and O–H groups in total. The summed E-state index contributed by atoms with van der Waals surface area (Å²) < 4.78 is 2.93. The Labute approximate surface area is 364 Å². The summed E-state index contributed by atoms with van der Waals surface area (Å²) in [6.45, 7) is 14.0. The van der Waals surface area contributed by atoms with Gasteiger partial charge in [0.1, 0.15) is 0 Å². The van der Waals surface area contributed by atoms with Gasteiger partial charge in [-0.2, -0.15) is 0 Å². The van der Waals surface area contributed by atoms with Gasteiger partial charge in [-0.3, -0.25) is 0 Å². The zero-order valence-corrected chi connectivity index (χ0v) is 37.4. The molecule has 0 atom stereocenters. The third-order valence-electron chi connectivity index (χ3n) is 12.9. The van der Waals surface area contributed by atoms with Crippen LogP contribution in [0.3, 0.4) is 0 Å². The van der Waals surface area contributed by atoms with Gasteiger partial charge in [-0.05, 0) is 0 Å². The topological polar surface area (TPSA) is 0 Å². The van der Waals surface area contributed by atoms with Gasteiger partial charge in [-0.1, -0.05) is 0 Å². The molecule has 1 aromatic heterocycles. The van der Waals surface area contributed by atoms with Crippen LogP contribution < -0.4 is 0 Å². The Bertz CT molecular complexity index is 3390. The molecule has 0 saturated carbocycles. The molecule has 0 spiro atoms. The van der Waals surface area contributed by atoms with Crippen LogP contribution in [0.25, 0.3) is 107 Å². The van der Waals surface area contributed by atoms with Crippen molar-refractivity contribution in [1.29, 1.82) is 0 Å². The van der Waals surface area contributed by atoms with Crippen LogP contribution in [0, 0.1) is 0 Å². The van der Waals surface area contributed by atoms with Crippen molar-refractivity contribution in [3.63, 3.8) is 0 Å². The van der Waals surface area contributed by atoms with Gasteiger partial charge < -0.3 is 0 Å². The second-order valence-electron chi connectivity index (χ2n) is 18.8. The summed E-state index contributed by atoms with van der Waals surface area (Å²) in [5, 5.41) is 13.2. The van der Waals surface area contributed by atoms with Crippen molar-refractivity contribution in [2.45, 2.75) is 52.4 Å². The quantitative estimate of drug-likeness (QED) is 0.122. The van der Waals surface area contributed by atoms with E-state index in [9.17, 15) is 0 Å². The number of fused-ring (bicyclic) bond motifs is 7. The molecule has 0 nitrogen and oxygen atoms in total. The third-order valence-corrected chi connectivity index (χ3v) is 15.5. The van der Waals surface area contributed by atoms with E-state index < -0.39 is 0 Å². The molecule has 61 heavy (non-hydrogen) atoms. The van der Waals surface area contributed by atoms with Crippen LogP contribution >= 0.6 is 0 Å². The van der Waals surface area contributed by atoms with Crippen LogP contribution in [0.5, 0.6) is 0 Å². The normalized spacial score (nSPS) is 12.4. The van der Waals surface area contributed by atoms with Crippen molar-refractivity contribution < 1.29 is 0 Å². The molecule has 11 aromatic rings. The molecule has 0 aliphatic heterocycles. The monoisotopic (exact) mass is 848 g/mol. The van der Waals surface area contributed by atoms with Crippen LogP contribution in [0.2, 0.25) is 0 Å². The minimum absolute atomic E-state index is 0.0227. The van der Waals surface area contributed by atoms with E-state index in [0.29, 0.717) is 0 Å². The molecule has 1 heterocycles. The Morgan fingerprint density at radius 3 is 1.18 bits per heavy atom. The average Bonchev–Trinajstić information content (AvgIpc) is 3.65. The fourth-order valence-electron chi connectivity index (χ4n) is 9.87. The summed E-state index contributed by atoms with van der Waals surface area (Å²) >= 11 is 0.108. The second kappa shape index (κ2) is 14.2. The van der Waals surface area contributed by atoms with Gasteiger partial charge in [0.25, 0.3) is 0 Å². The molecule has 11 rings (SSSR count). The molecule has 0 amide bonds. The molecule has 0 unspecified atom stereocenters.